The van der Waals surface area contributed by atoms with E-state index in [2.05, 4.69) is 123 Å². The van der Waals surface area contributed by atoms with Gasteiger partial charge in [-0.05, 0) is 74.0 Å². The van der Waals surface area contributed by atoms with Gasteiger partial charge in [0, 0.05) is 16.1 Å². The summed E-state index contributed by atoms with van der Waals surface area (Å²) in [6.07, 6.45) is 0. The van der Waals surface area contributed by atoms with E-state index in [1.807, 2.05) is 11.8 Å². The van der Waals surface area contributed by atoms with Crippen LogP contribution in [0.2, 0.25) is 0 Å². The summed E-state index contributed by atoms with van der Waals surface area (Å²) in [5.74, 6) is 0.998. The first kappa shape index (κ1) is 20.3. The van der Waals surface area contributed by atoms with Gasteiger partial charge in [-0.3, -0.25) is 0 Å². The number of thioether (sulfide) groups is 1. The highest BCUT2D eigenvalue weighted by molar-refractivity contribution is 7.98. The Morgan fingerprint density at radius 2 is 1.24 bits per heavy atom. The van der Waals surface area contributed by atoms with Crippen LogP contribution in [0.3, 0.4) is 0 Å². The molecule has 0 heterocycles. The Morgan fingerprint density at radius 1 is 0.576 bits per heavy atom. The number of hydrogen-bond acceptors (Lipinski definition) is 1. The van der Waals surface area contributed by atoms with E-state index in [9.17, 15) is 0 Å². The summed E-state index contributed by atoms with van der Waals surface area (Å²) in [6, 6.07) is 40.2. The maximum absolute atomic E-state index is 2.40. The number of benzene rings is 5. The molecule has 0 saturated heterocycles. The SMILES string of the molecule is CC1(C)c2ccccc2-c2ccc(-c3ccc4cc(SCc5ccccc5)ccc4c3)cc21. The van der Waals surface area contributed by atoms with Gasteiger partial charge in [0.25, 0.3) is 0 Å². The lowest BCUT2D eigenvalue weighted by Gasteiger charge is -2.22. The standard InChI is InChI=1S/C32H26S/c1-32(2)30-11-7-6-10-28(30)29-17-15-26(20-31(29)32)23-12-13-25-19-27(16-14-24(25)18-23)33-21-22-8-4-3-5-9-22/h3-20H,21H2,1-2H3. The molecule has 5 aromatic rings. The van der Waals surface area contributed by atoms with Gasteiger partial charge in [-0.1, -0.05) is 98.8 Å². The van der Waals surface area contributed by atoms with Crippen molar-refractivity contribution in [1.82, 2.24) is 0 Å². The molecule has 0 aromatic heterocycles. The van der Waals surface area contributed by atoms with Crippen LogP contribution in [0, 0.1) is 0 Å². The van der Waals surface area contributed by atoms with Gasteiger partial charge < -0.3 is 0 Å². The molecule has 160 valence electrons. The zero-order chi connectivity index (χ0) is 22.4. The lowest BCUT2D eigenvalue weighted by molar-refractivity contribution is 0.660. The first-order valence-corrected chi connectivity index (χ1v) is 12.5. The van der Waals surface area contributed by atoms with Gasteiger partial charge in [-0.15, -0.1) is 11.8 Å². The molecule has 0 fully saturated rings. The van der Waals surface area contributed by atoms with Crippen molar-refractivity contribution >= 4 is 22.5 Å². The van der Waals surface area contributed by atoms with Crippen molar-refractivity contribution in [3.05, 3.63) is 126 Å². The van der Waals surface area contributed by atoms with Crippen LogP contribution >= 0.6 is 11.8 Å². The molecule has 0 atom stereocenters. The van der Waals surface area contributed by atoms with Gasteiger partial charge in [0.05, 0.1) is 0 Å². The second-order valence-electron chi connectivity index (χ2n) is 9.43. The van der Waals surface area contributed by atoms with E-state index in [1.54, 1.807) is 0 Å². The molecule has 0 saturated carbocycles. The fourth-order valence-electron chi connectivity index (χ4n) is 5.12. The Labute approximate surface area is 200 Å². The van der Waals surface area contributed by atoms with Gasteiger partial charge >= 0.3 is 0 Å². The van der Waals surface area contributed by atoms with Gasteiger partial charge in [0.15, 0.2) is 0 Å². The van der Waals surface area contributed by atoms with E-state index in [-0.39, 0.29) is 5.41 Å². The van der Waals surface area contributed by atoms with Crippen LogP contribution in [0.4, 0.5) is 0 Å². The van der Waals surface area contributed by atoms with E-state index in [0.29, 0.717) is 0 Å². The molecule has 0 spiro atoms. The lowest BCUT2D eigenvalue weighted by Crippen LogP contribution is -2.14. The van der Waals surface area contributed by atoms with Gasteiger partial charge in [0.1, 0.15) is 0 Å². The number of hydrogen-bond donors (Lipinski definition) is 0. The molecule has 1 heteroatoms. The molecule has 5 aromatic carbocycles. The molecule has 0 nitrogen and oxygen atoms in total. The van der Waals surface area contributed by atoms with E-state index in [0.717, 1.165) is 5.75 Å². The molecule has 0 aliphatic heterocycles. The Hall–Kier alpha value is -3.29. The molecule has 0 unspecified atom stereocenters. The third-order valence-electron chi connectivity index (χ3n) is 6.98. The molecular weight excluding hydrogens is 416 g/mol. The van der Waals surface area contributed by atoms with E-state index >= 15 is 0 Å². The molecule has 0 bridgehead atoms. The predicted octanol–water partition coefficient (Wildman–Crippen LogP) is 9.11. The summed E-state index contributed by atoms with van der Waals surface area (Å²) < 4.78 is 0. The summed E-state index contributed by atoms with van der Waals surface area (Å²) in [6.45, 7) is 4.69. The largest absolute Gasteiger partial charge is 0.121 e. The van der Waals surface area contributed by atoms with E-state index < -0.39 is 0 Å². The highest BCUT2D eigenvalue weighted by Gasteiger charge is 2.35. The zero-order valence-corrected chi connectivity index (χ0v) is 19.8. The van der Waals surface area contributed by atoms with Crippen LogP contribution in [0.1, 0.15) is 30.5 Å². The fraction of sp³-hybridized carbons (Fsp3) is 0.125. The van der Waals surface area contributed by atoms with Gasteiger partial charge in [0.2, 0.25) is 0 Å². The fourth-order valence-corrected chi connectivity index (χ4v) is 6.02. The quantitative estimate of drug-likeness (QED) is 0.250. The first-order valence-electron chi connectivity index (χ1n) is 11.5. The summed E-state index contributed by atoms with van der Waals surface area (Å²) >= 11 is 1.90. The predicted molar refractivity (Wildman–Crippen MR) is 143 cm³/mol. The molecule has 1 aliphatic rings. The van der Waals surface area contributed by atoms with E-state index in [4.69, 9.17) is 0 Å². The average Bonchev–Trinajstić information content (AvgIpc) is 3.09. The third kappa shape index (κ3) is 3.57. The minimum Gasteiger partial charge on any atom is -0.121 e. The molecule has 0 amide bonds. The minimum atomic E-state index is 0.0314. The average molecular weight is 443 g/mol. The van der Waals surface area contributed by atoms with Crippen LogP contribution in [0.15, 0.2) is 114 Å². The zero-order valence-electron chi connectivity index (χ0n) is 19.0. The topological polar surface area (TPSA) is 0 Å². The molecule has 0 N–H and O–H groups in total. The van der Waals surface area contributed by atoms with Crippen molar-refractivity contribution in [3.63, 3.8) is 0 Å². The number of rotatable bonds is 4. The van der Waals surface area contributed by atoms with Crippen molar-refractivity contribution in [3.8, 4) is 22.3 Å². The van der Waals surface area contributed by atoms with Crippen molar-refractivity contribution in [1.29, 1.82) is 0 Å². The van der Waals surface area contributed by atoms with Gasteiger partial charge in [-0.2, -0.15) is 0 Å². The summed E-state index contributed by atoms with van der Waals surface area (Å²) in [4.78, 5) is 1.32. The number of fused-ring (bicyclic) bond motifs is 4. The van der Waals surface area contributed by atoms with Crippen molar-refractivity contribution in [2.24, 2.45) is 0 Å². The highest BCUT2D eigenvalue weighted by atomic mass is 32.2. The van der Waals surface area contributed by atoms with Crippen LogP contribution < -0.4 is 0 Å². The molecule has 33 heavy (non-hydrogen) atoms. The maximum atomic E-state index is 2.40. The molecule has 0 radical (unpaired) electrons. The Kier molecular flexibility index (Phi) is 4.89. The summed E-state index contributed by atoms with van der Waals surface area (Å²) in [5, 5.41) is 2.59. The highest BCUT2D eigenvalue weighted by Crippen LogP contribution is 2.49. The monoisotopic (exact) mass is 442 g/mol. The second kappa shape index (κ2) is 7.93. The second-order valence-corrected chi connectivity index (χ2v) is 10.5. The summed E-state index contributed by atoms with van der Waals surface area (Å²) in [7, 11) is 0. The Bertz CT molecular complexity index is 1480. The third-order valence-corrected chi connectivity index (χ3v) is 8.04. The van der Waals surface area contributed by atoms with Crippen molar-refractivity contribution in [2.45, 2.75) is 29.9 Å². The Balaban J connectivity index is 1.31. The Morgan fingerprint density at radius 3 is 2.12 bits per heavy atom. The van der Waals surface area contributed by atoms with Crippen molar-refractivity contribution in [2.75, 3.05) is 0 Å². The maximum Gasteiger partial charge on any atom is 0.0231 e. The van der Waals surface area contributed by atoms with Crippen LogP contribution in [-0.2, 0) is 11.2 Å². The van der Waals surface area contributed by atoms with Gasteiger partial charge in [-0.25, -0.2) is 0 Å². The van der Waals surface area contributed by atoms with E-state index in [1.165, 1.54) is 54.6 Å². The first-order chi connectivity index (χ1) is 16.1. The minimum absolute atomic E-state index is 0.0314. The molecule has 1 aliphatic carbocycles. The van der Waals surface area contributed by atoms with Crippen LogP contribution in [-0.4, -0.2) is 0 Å². The van der Waals surface area contributed by atoms with Crippen LogP contribution in [0.5, 0.6) is 0 Å². The smallest absolute Gasteiger partial charge is 0.0231 e. The lowest BCUT2D eigenvalue weighted by atomic mass is 9.81. The van der Waals surface area contributed by atoms with Crippen LogP contribution in [0.25, 0.3) is 33.0 Å². The normalized spacial score (nSPS) is 13.6. The summed E-state index contributed by atoms with van der Waals surface area (Å²) in [5.41, 5.74) is 9.57. The molecular formula is C32H26S. The van der Waals surface area contributed by atoms with Crippen molar-refractivity contribution < 1.29 is 0 Å². The molecule has 6 rings (SSSR count).